The fraction of sp³-hybridized carbons (Fsp3) is 0.158. The van der Waals surface area contributed by atoms with Crippen molar-refractivity contribution in [2.24, 2.45) is 0 Å². The third kappa shape index (κ3) is 5.37. The van der Waals surface area contributed by atoms with Crippen LogP contribution in [-0.2, 0) is 16.2 Å². The number of rotatable bonds is 8. The van der Waals surface area contributed by atoms with Crippen LogP contribution in [0.4, 0.5) is 0 Å². The van der Waals surface area contributed by atoms with Crippen LogP contribution < -0.4 is 4.74 Å². The smallest absolute Gasteiger partial charge is 0.163 e. The van der Waals surface area contributed by atoms with Crippen molar-refractivity contribution >= 4 is 23.7 Å². The highest BCUT2D eigenvalue weighted by Crippen LogP contribution is 2.12. The number of aliphatic hydroxyl groups is 1. The van der Waals surface area contributed by atoms with Crippen LogP contribution in [0.25, 0.3) is 12.2 Å². The van der Waals surface area contributed by atoms with Gasteiger partial charge in [-0.1, -0.05) is 18.2 Å². The van der Waals surface area contributed by atoms with Crippen LogP contribution >= 0.6 is 0 Å². The van der Waals surface area contributed by atoms with E-state index in [0.717, 1.165) is 11.3 Å². The normalized spacial score (nSPS) is 11.2. The average Bonchev–Trinajstić information content (AvgIpc) is 3.07. The molecule has 1 aromatic carbocycles. The molecule has 0 aliphatic carbocycles. The van der Waals surface area contributed by atoms with Crippen molar-refractivity contribution in [3.63, 3.8) is 0 Å². The second-order valence-corrected chi connectivity index (χ2v) is 5.01. The van der Waals surface area contributed by atoms with Crippen LogP contribution in [0.5, 0.6) is 5.75 Å². The largest absolute Gasteiger partial charge is 0.497 e. The molecule has 0 bridgehead atoms. The van der Waals surface area contributed by atoms with Gasteiger partial charge in [-0.05, 0) is 48.1 Å². The zero-order valence-electron chi connectivity index (χ0n) is 13.3. The number of hydrogen-bond acceptors (Lipinski definition) is 5. The number of carbonyl (C=O) groups excluding carboxylic acids is 2. The van der Waals surface area contributed by atoms with Crippen LogP contribution in [0.1, 0.15) is 23.5 Å². The molecule has 1 N–H and O–H groups in total. The highest BCUT2D eigenvalue weighted by atomic mass is 16.5. The minimum absolute atomic E-state index is 0.198. The van der Waals surface area contributed by atoms with E-state index >= 15 is 0 Å². The van der Waals surface area contributed by atoms with Gasteiger partial charge in [0.25, 0.3) is 0 Å². The monoisotopic (exact) mass is 326 g/mol. The zero-order valence-corrected chi connectivity index (χ0v) is 13.3. The first-order chi connectivity index (χ1) is 11.6. The van der Waals surface area contributed by atoms with Crippen molar-refractivity contribution in [2.75, 3.05) is 7.11 Å². The molecule has 1 aromatic heterocycles. The number of carbonyl (C=O) groups is 2. The molecule has 0 saturated carbocycles. The SMILES string of the molecule is COc1ccc(/C=C/C(=O)CC(=O)/C=C/c2ccc(CO)o2)cc1. The van der Waals surface area contributed by atoms with E-state index in [9.17, 15) is 9.59 Å². The maximum atomic E-state index is 11.8. The number of ketones is 2. The molecule has 0 aliphatic rings. The lowest BCUT2D eigenvalue weighted by atomic mass is 10.1. The van der Waals surface area contributed by atoms with E-state index in [1.165, 1.54) is 18.2 Å². The van der Waals surface area contributed by atoms with Crippen molar-refractivity contribution in [3.8, 4) is 5.75 Å². The van der Waals surface area contributed by atoms with Gasteiger partial charge in [0.05, 0.1) is 13.5 Å². The lowest BCUT2D eigenvalue weighted by Crippen LogP contribution is -2.01. The predicted octanol–water partition coefficient (Wildman–Crippen LogP) is 3.04. The van der Waals surface area contributed by atoms with Crippen LogP contribution in [0, 0.1) is 0 Å². The molecule has 0 unspecified atom stereocenters. The van der Waals surface area contributed by atoms with Gasteiger partial charge in [0, 0.05) is 0 Å². The first kappa shape index (κ1) is 17.4. The molecule has 0 fully saturated rings. The molecule has 1 heterocycles. The van der Waals surface area contributed by atoms with Gasteiger partial charge in [-0.15, -0.1) is 0 Å². The second kappa shape index (κ2) is 8.64. The van der Waals surface area contributed by atoms with Crippen molar-refractivity contribution in [3.05, 3.63) is 65.6 Å². The lowest BCUT2D eigenvalue weighted by molar-refractivity contribution is -0.121. The molecule has 0 spiro atoms. The number of allylic oxidation sites excluding steroid dienone is 2. The second-order valence-electron chi connectivity index (χ2n) is 5.01. The third-order valence-corrected chi connectivity index (χ3v) is 3.20. The van der Waals surface area contributed by atoms with Gasteiger partial charge in [0.2, 0.25) is 0 Å². The summed E-state index contributed by atoms with van der Waals surface area (Å²) in [5.41, 5.74) is 0.847. The van der Waals surface area contributed by atoms with Gasteiger partial charge < -0.3 is 14.3 Å². The Bertz CT molecular complexity index is 750. The summed E-state index contributed by atoms with van der Waals surface area (Å²) >= 11 is 0. The molecule has 124 valence electrons. The molecule has 2 aromatic rings. The zero-order chi connectivity index (χ0) is 17.4. The number of aliphatic hydroxyl groups excluding tert-OH is 1. The number of benzene rings is 1. The summed E-state index contributed by atoms with van der Waals surface area (Å²) in [6.45, 7) is -0.198. The highest BCUT2D eigenvalue weighted by molar-refractivity contribution is 6.10. The number of ether oxygens (including phenoxy) is 1. The number of hydrogen-bond donors (Lipinski definition) is 1. The van der Waals surface area contributed by atoms with Gasteiger partial charge in [0.1, 0.15) is 23.9 Å². The molecule has 0 radical (unpaired) electrons. The van der Waals surface area contributed by atoms with E-state index in [0.29, 0.717) is 11.5 Å². The topological polar surface area (TPSA) is 76.7 Å². The highest BCUT2D eigenvalue weighted by Gasteiger charge is 2.04. The van der Waals surface area contributed by atoms with E-state index < -0.39 is 0 Å². The number of methoxy groups -OCH3 is 1. The fourth-order valence-electron chi connectivity index (χ4n) is 1.94. The van der Waals surface area contributed by atoms with Crippen molar-refractivity contribution in [1.82, 2.24) is 0 Å². The summed E-state index contributed by atoms with van der Waals surface area (Å²) < 4.78 is 10.3. The molecule has 5 nitrogen and oxygen atoms in total. The van der Waals surface area contributed by atoms with Crippen molar-refractivity contribution in [1.29, 1.82) is 0 Å². The summed E-state index contributed by atoms with van der Waals surface area (Å²) in [5, 5.41) is 8.89. The van der Waals surface area contributed by atoms with E-state index in [1.54, 1.807) is 37.5 Å². The molecular formula is C19H18O5. The van der Waals surface area contributed by atoms with Crippen LogP contribution in [-0.4, -0.2) is 23.8 Å². The Morgan fingerprint density at radius 2 is 1.71 bits per heavy atom. The van der Waals surface area contributed by atoms with Gasteiger partial charge >= 0.3 is 0 Å². The van der Waals surface area contributed by atoms with Crippen molar-refractivity contribution in [2.45, 2.75) is 13.0 Å². The van der Waals surface area contributed by atoms with Crippen LogP contribution in [0.15, 0.2) is 53.0 Å². The third-order valence-electron chi connectivity index (χ3n) is 3.20. The number of furan rings is 1. The van der Waals surface area contributed by atoms with Crippen LogP contribution in [0.2, 0.25) is 0 Å². The summed E-state index contributed by atoms with van der Waals surface area (Å²) in [7, 11) is 1.58. The Morgan fingerprint density at radius 1 is 1.04 bits per heavy atom. The first-order valence-electron chi connectivity index (χ1n) is 7.36. The molecule has 24 heavy (non-hydrogen) atoms. The molecule has 2 rings (SSSR count). The lowest BCUT2D eigenvalue weighted by Gasteiger charge is -1.98. The quantitative estimate of drug-likeness (QED) is 0.596. The summed E-state index contributed by atoms with van der Waals surface area (Å²) in [6.07, 6.45) is 5.58. The Labute approximate surface area is 139 Å². The van der Waals surface area contributed by atoms with E-state index in [-0.39, 0.29) is 24.6 Å². The van der Waals surface area contributed by atoms with Gasteiger partial charge in [-0.3, -0.25) is 9.59 Å². The van der Waals surface area contributed by atoms with Crippen LogP contribution in [0.3, 0.4) is 0 Å². The predicted molar refractivity (Wildman–Crippen MR) is 90.3 cm³/mol. The Morgan fingerprint density at radius 3 is 2.29 bits per heavy atom. The molecule has 0 atom stereocenters. The van der Waals surface area contributed by atoms with Gasteiger partial charge in [-0.2, -0.15) is 0 Å². The summed E-state index contributed by atoms with van der Waals surface area (Å²) in [4.78, 5) is 23.5. The van der Waals surface area contributed by atoms with E-state index in [2.05, 4.69) is 0 Å². The molecule has 0 saturated heterocycles. The van der Waals surface area contributed by atoms with Crippen molar-refractivity contribution < 1.29 is 23.8 Å². The minimum atomic E-state index is -0.318. The van der Waals surface area contributed by atoms with E-state index in [1.807, 2.05) is 12.1 Å². The minimum Gasteiger partial charge on any atom is -0.497 e. The average molecular weight is 326 g/mol. The molecule has 0 aliphatic heterocycles. The molecular weight excluding hydrogens is 308 g/mol. The Kier molecular flexibility index (Phi) is 6.28. The maximum absolute atomic E-state index is 11.8. The van der Waals surface area contributed by atoms with E-state index in [4.69, 9.17) is 14.3 Å². The molecule has 0 amide bonds. The molecule has 5 heteroatoms. The summed E-state index contributed by atoms with van der Waals surface area (Å²) in [5.74, 6) is 1.01. The standard InChI is InChI=1S/C19H18O5/c1-23-17-7-3-14(4-8-17)2-5-15(21)12-16(22)6-9-18-10-11-19(13-20)24-18/h2-11,20H,12-13H2,1H3/b5-2+,9-6+. The Hall–Kier alpha value is -2.92. The Balaban J connectivity index is 1.86. The van der Waals surface area contributed by atoms with Gasteiger partial charge in [0.15, 0.2) is 11.6 Å². The fourth-order valence-corrected chi connectivity index (χ4v) is 1.94. The summed E-state index contributed by atoms with van der Waals surface area (Å²) in [6, 6.07) is 10.5. The maximum Gasteiger partial charge on any atom is 0.163 e. The first-order valence-corrected chi connectivity index (χ1v) is 7.36. The van der Waals surface area contributed by atoms with Gasteiger partial charge in [-0.25, -0.2) is 0 Å².